The lowest BCUT2D eigenvalue weighted by Crippen LogP contribution is -2.49. The van der Waals surface area contributed by atoms with E-state index in [-0.39, 0.29) is 11.8 Å². The molecule has 19 heavy (non-hydrogen) atoms. The van der Waals surface area contributed by atoms with E-state index in [1.807, 2.05) is 0 Å². The molecule has 0 aromatic heterocycles. The number of urea groups is 1. The average Bonchev–Trinajstić information content (AvgIpc) is 3.03. The smallest absolute Gasteiger partial charge is 0.322 e. The Labute approximate surface area is 111 Å². The van der Waals surface area contributed by atoms with Crippen molar-refractivity contribution in [3.8, 4) is 0 Å². The van der Waals surface area contributed by atoms with Gasteiger partial charge in [0.15, 0.2) is 0 Å². The second kappa shape index (κ2) is 4.36. The Kier molecular flexibility index (Phi) is 2.80. The van der Waals surface area contributed by atoms with E-state index < -0.39 is 11.6 Å². The number of amides is 4. The lowest BCUT2D eigenvalue weighted by atomic mass is 9.99. The van der Waals surface area contributed by atoms with Crippen LogP contribution in [-0.4, -0.2) is 41.4 Å². The van der Waals surface area contributed by atoms with Gasteiger partial charge in [0.05, 0.1) is 6.54 Å². The Bertz CT molecular complexity index is 474. The van der Waals surface area contributed by atoms with Crippen molar-refractivity contribution in [1.29, 1.82) is 0 Å². The predicted molar refractivity (Wildman–Crippen MR) is 67.1 cm³/mol. The van der Waals surface area contributed by atoms with Crippen molar-refractivity contribution in [2.75, 3.05) is 13.1 Å². The first kappa shape index (κ1) is 12.2. The zero-order chi connectivity index (χ0) is 13.5. The molecule has 2 atom stereocenters. The van der Waals surface area contributed by atoms with Gasteiger partial charge in [0.2, 0.25) is 5.91 Å². The van der Waals surface area contributed by atoms with Gasteiger partial charge in [-0.2, -0.15) is 0 Å². The Morgan fingerprint density at radius 2 is 2.32 bits per heavy atom. The summed E-state index contributed by atoms with van der Waals surface area (Å²) in [7, 11) is 0. The zero-order valence-corrected chi connectivity index (χ0v) is 10.6. The monoisotopic (exact) mass is 263 g/mol. The maximum Gasteiger partial charge on any atom is 0.322 e. The molecule has 0 saturated carbocycles. The van der Waals surface area contributed by atoms with Gasteiger partial charge in [0.1, 0.15) is 5.54 Å². The van der Waals surface area contributed by atoms with E-state index in [1.54, 1.807) is 4.90 Å². The lowest BCUT2D eigenvalue weighted by Gasteiger charge is -2.21. The van der Waals surface area contributed by atoms with Gasteiger partial charge in [-0.1, -0.05) is 12.2 Å². The normalized spacial score (nSPS) is 33.1. The quantitative estimate of drug-likeness (QED) is 0.550. The first-order valence-electron chi connectivity index (χ1n) is 6.67. The molecule has 4 amide bonds. The highest BCUT2D eigenvalue weighted by molar-refractivity contribution is 6.07. The highest BCUT2D eigenvalue weighted by Crippen LogP contribution is 2.27. The summed E-state index contributed by atoms with van der Waals surface area (Å²) in [5, 5.41) is 4.89. The fourth-order valence-corrected chi connectivity index (χ4v) is 3.06. The highest BCUT2D eigenvalue weighted by atomic mass is 16.2. The third kappa shape index (κ3) is 2.11. The van der Waals surface area contributed by atoms with Crippen LogP contribution >= 0.6 is 0 Å². The van der Waals surface area contributed by atoms with Crippen LogP contribution in [0.5, 0.6) is 0 Å². The summed E-state index contributed by atoms with van der Waals surface area (Å²) >= 11 is 0. The van der Waals surface area contributed by atoms with Crippen molar-refractivity contribution in [2.45, 2.75) is 31.2 Å². The summed E-state index contributed by atoms with van der Waals surface area (Å²) in [6.45, 7) is 0.822. The van der Waals surface area contributed by atoms with E-state index >= 15 is 0 Å². The Morgan fingerprint density at radius 1 is 1.47 bits per heavy atom. The minimum Gasteiger partial charge on any atom is -0.340 e. The topological polar surface area (TPSA) is 78.5 Å². The summed E-state index contributed by atoms with van der Waals surface area (Å²) in [6, 6.07) is -0.460. The highest BCUT2D eigenvalue weighted by Gasteiger charge is 2.51. The molecule has 0 radical (unpaired) electrons. The summed E-state index contributed by atoms with van der Waals surface area (Å²) in [5.41, 5.74) is -0.891. The first-order valence-corrected chi connectivity index (χ1v) is 6.67. The molecule has 0 bridgehead atoms. The predicted octanol–water partition coefficient (Wildman–Crippen LogP) is 0.153. The average molecular weight is 263 g/mol. The van der Waals surface area contributed by atoms with Gasteiger partial charge in [-0.3, -0.25) is 14.9 Å². The molecule has 2 saturated heterocycles. The zero-order valence-electron chi connectivity index (χ0n) is 10.6. The molecule has 6 heteroatoms. The number of rotatable bonds is 2. The van der Waals surface area contributed by atoms with Crippen molar-refractivity contribution in [3.05, 3.63) is 12.2 Å². The molecule has 2 unspecified atom stereocenters. The van der Waals surface area contributed by atoms with Crippen LogP contribution in [0.3, 0.4) is 0 Å². The van der Waals surface area contributed by atoms with E-state index in [9.17, 15) is 14.4 Å². The summed E-state index contributed by atoms with van der Waals surface area (Å²) < 4.78 is 0. The fourth-order valence-electron chi connectivity index (χ4n) is 3.06. The molecular weight excluding hydrogens is 246 g/mol. The van der Waals surface area contributed by atoms with E-state index in [4.69, 9.17) is 0 Å². The summed E-state index contributed by atoms with van der Waals surface area (Å²) in [4.78, 5) is 36.9. The van der Waals surface area contributed by atoms with Crippen LogP contribution in [0.25, 0.3) is 0 Å². The van der Waals surface area contributed by atoms with Crippen LogP contribution in [0.2, 0.25) is 0 Å². The van der Waals surface area contributed by atoms with Crippen LogP contribution in [0.15, 0.2) is 12.2 Å². The van der Waals surface area contributed by atoms with Gasteiger partial charge >= 0.3 is 6.03 Å². The second-order valence-electron chi connectivity index (χ2n) is 5.53. The van der Waals surface area contributed by atoms with Gasteiger partial charge in [-0.05, 0) is 25.2 Å². The summed E-state index contributed by atoms with van der Waals surface area (Å²) in [5.74, 6) is 0.0898. The standard InChI is InChI=1S/C13H17N3O3/c17-10(7-9-3-1-2-4-9)16-6-5-13(8-16)11(18)14-12(19)15-13/h1,3,9H,2,4-8H2,(H2,14,15,18,19). The number of allylic oxidation sites excluding steroid dienone is 2. The molecule has 1 aliphatic carbocycles. The minimum absolute atomic E-state index is 0.0716. The lowest BCUT2D eigenvalue weighted by molar-refractivity contribution is -0.131. The van der Waals surface area contributed by atoms with E-state index in [0.29, 0.717) is 31.8 Å². The van der Waals surface area contributed by atoms with E-state index in [1.165, 1.54) is 0 Å². The van der Waals surface area contributed by atoms with E-state index in [0.717, 1.165) is 12.8 Å². The van der Waals surface area contributed by atoms with Crippen molar-refractivity contribution in [2.24, 2.45) is 5.92 Å². The number of hydrogen-bond donors (Lipinski definition) is 2. The number of carbonyl (C=O) groups is 3. The van der Waals surface area contributed by atoms with Crippen molar-refractivity contribution < 1.29 is 14.4 Å². The number of likely N-dealkylation sites (tertiary alicyclic amines) is 1. The largest absolute Gasteiger partial charge is 0.340 e. The number of imide groups is 1. The molecule has 6 nitrogen and oxygen atoms in total. The molecule has 2 aliphatic heterocycles. The number of carbonyl (C=O) groups excluding carboxylic acids is 3. The second-order valence-corrected chi connectivity index (χ2v) is 5.53. The molecule has 102 valence electrons. The Morgan fingerprint density at radius 3 is 2.95 bits per heavy atom. The summed E-state index contributed by atoms with van der Waals surface area (Å²) in [6.07, 6.45) is 7.27. The molecule has 3 aliphatic rings. The molecule has 2 heterocycles. The third-order valence-electron chi connectivity index (χ3n) is 4.19. The molecule has 2 N–H and O–H groups in total. The van der Waals surface area contributed by atoms with Crippen molar-refractivity contribution >= 4 is 17.8 Å². The van der Waals surface area contributed by atoms with E-state index in [2.05, 4.69) is 22.8 Å². The molecular formula is C13H17N3O3. The van der Waals surface area contributed by atoms with Crippen molar-refractivity contribution in [3.63, 3.8) is 0 Å². The maximum absolute atomic E-state index is 12.2. The Balaban J connectivity index is 1.62. The Hall–Kier alpha value is -1.85. The van der Waals surface area contributed by atoms with Crippen LogP contribution in [0.4, 0.5) is 4.79 Å². The SMILES string of the molecule is O=C1NC(=O)C2(CCN(C(=O)CC3C=CCC3)C2)N1. The van der Waals surface area contributed by atoms with Crippen LogP contribution in [0, 0.1) is 5.92 Å². The van der Waals surface area contributed by atoms with Crippen molar-refractivity contribution in [1.82, 2.24) is 15.5 Å². The van der Waals surface area contributed by atoms with Gasteiger partial charge in [-0.15, -0.1) is 0 Å². The third-order valence-corrected chi connectivity index (χ3v) is 4.19. The molecule has 1 spiro atoms. The number of nitrogens with one attached hydrogen (secondary N) is 2. The number of nitrogens with zero attached hydrogens (tertiary/aromatic N) is 1. The van der Waals surface area contributed by atoms with Gasteiger partial charge in [-0.25, -0.2) is 4.79 Å². The van der Waals surface area contributed by atoms with Gasteiger partial charge < -0.3 is 10.2 Å². The molecule has 0 aromatic carbocycles. The molecule has 3 rings (SSSR count). The van der Waals surface area contributed by atoms with Crippen LogP contribution in [0.1, 0.15) is 25.7 Å². The maximum atomic E-state index is 12.2. The van der Waals surface area contributed by atoms with Crippen LogP contribution < -0.4 is 10.6 Å². The number of hydrogen-bond acceptors (Lipinski definition) is 3. The fraction of sp³-hybridized carbons (Fsp3) is 0.615. The molecule has 0 aromatic rings. The molecule has 2 fully saturated rings. The van der Waals surface area contributed by atoms with Gasteiger partial charge in [0, 0.05) is 13.0 Å². The first-order chi connectivity index (χ1) is 9.09. The van der Waals surface area contributed by atoms with Gasteiger partial charge in [0.25, 0.3) is 5.91 Å². The minimum atomic E-state index is -0.891. The van der Waals surface area contributed by atoms with Crippen LogP contribution in [-0.2, 0) is 9.59 Å².